The third-order valence-corrected chi connectivity index (χ3v) is 4.75. The number of anilines is 1. The fraction of sp³-hybridized carbons (Fsp3) is 0.688. The van der Waals surface area contributed by atoms with E-state index in [0.29, 0.717) is 24.8 Å². The van der Waals surface area contributed by atoms with E-state index in [2.05, 4.69) is 15.3 Å². The van der Waals surface area contributed by atoms with Crippen LogP contribution in [0.5, 0.6) is 0 Å². The highest BCUT2D eigenvalue weighted by Gasteiger charge is 2.31. The average molecular weight is 319 g/mol. The Balaban J connectivity index is 1.56. The van der Waals surface area contributed by atoms with Gasteiger partial charge in [0.05, 0.1) is 11.9 Å². The van der Waals surface area contributed by atoms with Gasteiger partial charge >= 0.3 is 11.8 Å². The van der Waals surface area contributed by atoms with Gasteiger partial charge in [0.25, 0.3) is 0 Å². The molecule has 0 bridgehead atoms. The van der Waals surface area contributed by atoms with Crippen LogP contribution in [-0.2, 0) is 16.1 Å². The third kappa shape index (κ3) is 3.72. The number of amides is 2. The summed E-state index contributed by atoms with van der Waals surface area (Å²) in [5.74, 6) is -0.999. The van der Waals surface area contributed by atoms with Crippen molar-refractivity contribution in [3.63, 3.8) is 0 Å². The van der Waals surface area contributed by atoms with Crippen LogP contribution in [0, 0.1) is 0 Å². The Labute approximate surface area is 136 Å². The van der Waals surface area contributed by atoms with Gasteiger partial charge in [-0.05, 0) is 45.7 Å². The molecule has 126 valence electrons. The number of carbonyl (C=O) groups excluding carboxylic acids is 2. The molecule has 2 fully saturated rings. The van der Waals surface area contributed by atoms with E-state index in [0.717, 1.165) is 32.5 Å². The summed E-state index contributed by atoms with van der Waals surface area (Å²) < 4.78 is 1.71. The summed E-state index contributed by atoms with van der Waals surface area (Å²) >= 11 is 0. The lowest BCUT2D eigenvalue weighted by molar-refractivity contribution is -0.144. The van der Waals surface area contributed by atoms with Gasteiger partial charge in [-0.3, -0.25) is 19.2 Å². The molecule has 7 heteroatoms. The number of rotatable bonds is 3. The number of nitrogens with zero attached hydrogens (tertiary/aromatic N) is 4. The minimum Gasteiger partial charge on any atom is -0.333 e. The van der Waals surface area contributed by atoms with Crippen molar-refractivity contribution < 1.29 is 9.59 Å². The average Bonchev–Trinajstić information content (AvgIpc) is 3.25. The van der Waals surface area contributed by atoms with Crippen LogP contribution in [-0.4, -0.2) is 63.6 Å². The van der Waals surface area contributed by atoms with Crippen LogP contribution in [0.1, 0.15) is 32.6 Å². The van der Waals surface area contributed by atoms with Gasteiger partial charge in [-0.15, -0.1) is 0 Å². The van der Waals surface area contributed by atoms with E-state index in [1.54, 1.807) is 22.0 Å². The summed E-state index contributed by atoms with van der Waals surface area (Å²) in [5.41, 5.74) is 0.568. The molecule has 0 unspecified atom stereocenters. The van der Waals surface area contributed by atoms with Gasteiger partial charge < -0.3 is 10.2 Å². The molecule has 2 saturated heterocycles. The van der Waals surface area contributed by atoms with Crippen molar-refractivity contribution in [3.05, 3.63) is 12.4 Å². The van der Waals surface area contributed by atoms with Gasteiger partial charge in [0, 0.05) is 31.9 Å². The first-order valence-corrected chi connectivity index (χ1v) is 8.54. The van der Waals surface area contributed by atoms with E-state index >= 15 is 0 Å². The summed E-state index contributed by atoms with van der Waals surface area (Å²) in [6.07, 6.45) is 7.87. The Bertz CT molecular complexity index is 565. The van der Waals surface area contributed by atoms with Gasteiger partial charge in [-0.25, -0.2) is 0 Å². The van der Waals surface area contributed by atoms with Crippen molar-refractivity contribution >= 4 is 17.5 Å². The molecule has 2 aliphatic rings. The van der Waals surface area contributed by atoms with E-state index in [9.17, 15) is 9.59 Å². The molecular weight excluding hydrogens is 294 g/mol. The quantitative estimate of drug-likeness (QED) is 0.842. The molecule has 0 saturated carbocycles. The molecule has 0 aliphatic carbocycles. The molecule has 1 aromatic heterocycles. The minimum atomic E-state index is -0.567. The molecule has 23 heavy (non-hydrogen) atoms. The maximum Gasteiger partial charge on any atom is 0.313 e. The molecule has 3 heterocycles. The smallest absolute Gasteiger partial charge is 0.313 e. The Kier molecular flexibility index (Phi) is 4.95. The highest BCUT2D eigenvalue weighted by molar-refractivity contribution is 6.39. The van der Waals surface area contributed by atoms with Gasteiger partial charge in [-0.1, -0.05) is 0 Å². The van der Waals surface area contributed by atoms with Crippen LogP contribution in [0.4, 0.5) is 5.69 Å². The van der Waals surface area contributed by atoms with E-state index in [-0.39, 0.29) is 0 Å². The van der Waals surface area contributed by atoms with Crippen LogP contribution < -0.4 is 5.32 Å². The van der Waals surface area contributed by atoms with Crippen molar-refractivity contribution in [2.75, 3.05) is 31.5 Å². The molecule has 0 aromatic carbocycles. The van der Waals surface area contributed by atoms with Crippen molar-refractivity contribution in [3.8, 4) is 0 Å². The highest BCUT2D eigenvalue weighted by Crippen LogP contribution is 2.20. The van der Waals surface area contributed by atoms with Gasteiger partial charge in [0.2, 0.25) is 0 Å². The van der Waals surface area contributed by atoms with E-state index in [1.807, 2.05) is 6.92 Å². The second-order valence-corrected chi connectivity index (χ2v) is 6.33. The highest BCUT2D eigenvalue weighted by atomic mass is 16.2. The zero-order valence-corrected chi connectivity index (χ0v) is 13.7. The van der Waals surface area contributed by atoms with Crippen LogP contribution >= 0.6 is 0 Å². The maximum absolute atomic E-state index is 12.4. The number of aromatic nitrogens is 2. The number of hydrogen-bond acceptors (Lipinski definition) is 4. The fourth-order valence-corrected chi connectivity index (χ4v) is 3.47. The molecule has 2 amide bonds. The third-order valence-electron chi connectivity index (χ3n) is 4.75. The van der Waals surface area contributed by atoms with Crippen molar-refractivity contribution in [2.24, 2.45) is 0 Å². The molecule has 1 atom stereocenters. The summed E-state index contributed by atoms with van der Waals surface area (Å²) in [6, 6.07) is 0.408. The summed E-state index contributed by atoms with van der Waals surface area (Å²) in [4.78, 5) is 28.8. The Morgan fingerprint density at radius 1 is 1.26 bits per heavy atom. The van der Waals surface area contributed by atoms with Gasteiger partial charge in [0.15, 0.2) is 0 Å². The first-order chi connectivity index (χ1) is 11.2. The minimum absolute atomic E-state index is 0.408. The van der Waals surface area contributed by atoms with Crippen molar-refractivity contribution in [1.82, 2.24) is 19.6 Å². The molecule has 0 radical (unpaired) electrons. The first-order valence-electron chi connectivity index (χ1n) is 8.54. The zero-order valence-electron chi connectivity index (χ0n) is 13.7. The molecule has 0 spiro atoms. The topological polar surface area (TPSA) is 70.5 Å². The number of aryl methyl sites for hydroxylation is 1. The lowest BCUT2D eigenvalue weighted by Crippen LogP contribution is -2.51. The first kappa shape index (κ1) is 16.0. The lowest BCUT2D eigenvalue weighted by Gasteiger charge is -2.37. The normalized spacial score (nSPS) is 22.3. The standard InChI is InChI=1S/C16H25N5O2/c1-2-21-11-13(10-17-21)18-15(22)16(23)20-9-5-6-14(12-20)19-7-3-4-8-19/h10-11,14H,2-9,12H2,1H3,(H,18,22)/t14-/m0/s1. The number of piperidine rings is 1. The summed E-state index contributed by atoms with van der Waals surface area (Å²) in [7, 11) is 0. The van der Waals surface area contributed by atoms with Crippen LogP contribution in [0.25, 0.3) is 0 Å². The molecule has 3 rings (SSSR count). The Morgan fingerprint density at radius 2 is 2.04 bits per heavy atom. The lowest BCUT2D eigenvalue weighted by atomic mass is 10.0. The fourth-order valence-electron chi connectivity index (χ4n) is 3.47. The predicted molar refractivity (Wildman–Crippen MR) is 86.9 cm³/mol. The van der Waals surface area contributed by atoms with Gasteiger partial charge in [-0.2, -0.15) is 5.10 Å². The van der Waals surface area contributed by atoms with Crippen LogP contribution in [0.2, 0.25) is 0 Å². The maximum atomic E-state index is 12.4. The number of hydrogen-bond donors (Lipinski definition) is 1. The summed E-state index contributed by atoms with van der Waals surface area (Å²) in [6.45, 7) is 6.28. The van der Waals surface area contributed by atoms with E-state index in [1.165, 1.54) is 12.8 Å². The SMILES string of the molecule is CCn1cc(NC(=O)C(=O)N2CCC[C@H](N3CCCC3)C2)cn1. The molecule has 2 aliphatic heterocycles. The molecule has 1 N–H and O–H groups in total. The largest absolute Gasteiger partial charge is 0.333 e. The number of nitrogens with one attached hydrogen (secondary N) is 1. The van der Waals surface area contributed by atoms with E-state index < -0.39 is 11.8 Å². The molecule has 1 aromatic rings. The molecule has 7 nitrogen and oxygen atoms in total. The van der Waals surface area contributed by atoms with E-state index in [4.69, 9.17) is 0 Å². The predicted octanol–water partition coefficient (Wildman–Crippen LogP) is 0.928. The number of likely N-dealkylation sites (tertiary alicyclic amines) is 2. The van der Waals surface area contributed by atoms with Crippen molar-refractivity contribution in [2.45, 2.75) is 45.2 Å². The number of carbonyl (C=O) groups is 2. The second-order valence-electron chi connectivity index (χ2n) is 6.33. The zero-order chi connectivity index (χ0) is 16.2. The van der Waals surface area contributed by atoms with Crippen LogP contribution in [0.3, 0.4) is 0 Å². The Morgan fingerprint density at radius 3 is 2.74 bits per heavy atom. The van der Waals surface area contributed by atoms with Crippen molar-refractivity contribution in [1.29, 1.82) is 0 Å². The summed E-state index contributed by atoms with van der Waals surface area (Å²) in [5, 5.41) is 6.75. The monoisotopic (exact) mass is 319 g/mol. The van der Waals surface area contributed by atoms with Crippen LogP contribution in [0.15, 0.2) is 12.4 Å². The Hall–Kier alpha value is -1.89. The van der Waals surface area contributed by atoms with Gasteiger partial charge in [0.1, 0.15) is 0 Å². The second kappa shape index (κ2) is 7.12. The molecular formula is C16H25N5O2.